The van der Waals surface area contributed by atoms with Crippen molar-refractivity contribution in [1.82, 2.24) is 4.98 Å². The molecule has 0 atom stereocenters. The standard InChI is InChI=1S/C10H8N2S/c1-7-2-3-13-10(7)9-6-12-5-8(9)4-11/h2-3,5-6,12H,1H3. The molecule has 3 heteroatoms. The Morgan fingerprint density at radius 2 is 2.31 bits per heavy atom. The van der Waals surface area contributed by atoms with Crippen molar-refractivity contribution in [2.24, 2.45) is 0 Å². The Labute approximate surface area is 80.5 Å². The van der Waals surface area contributed by atoms with Crippen LogP contribution in [0.1, 0.15) is 11.1 Å². The second kappa shape index (κ2) is 3.08. The number of H-pyrrole nitrogens is 1. The first-order valence-electron chi connectivity index (χ1n) is 3.94. The first kappa shape index (κ1) is 8.09. The van der Waals surface area contributed by atoms with Crippen LogP contribution in [0.3, 0.4) is 0 Å². The van der Waals surface area contributed by atoms with Crippen LogP contribution in [0.2, 0.25) is 0 Å². The molecule has 0 spiro atoms. The zero-order chi connectivity index (χ0) is 9.26. The summed E-state index contributed by atoms with van der Waals surface area (Å²) >= 11 is 1.67. The maximum absolute atomic E-state index is 8.83. The van der Waals surface area contributed by atoms with Crippen molar-refractivity contribution in [1.29, 1.82) is 5.26 Å². The van der Waals surface area contributed by atoms with E-state index in [0.29, 0.717) is 5.56 Å². The van der Waals surface area contributed by atoms with E-state index in [-0.39, 0.29) is 0 Å². The van der Waals surface area contributed by atoms with Gasteiger partial charge in [0.25, 0.3) is 0 Å². The van der Waals surface area contributed by atoms with Crippen molar-refractivity contribution in [3.05, 3.63) is 35.0 Å². The van der Waals surface area contributed by atoms with Gasteiger partial charge in [-0.05, 0) is 23.9 Å². The van der Waals surface area contributed by atoms with Crippen LogP contribution in [0.4, 0.5) is 0 Å². The summed E-state index contributed by atoms with van der Waals surface area (Å²) in [6, 6.07) is 4.23. The smallest absolute Gasteiger partial charge is 0.101 e. The van der Waals surface area contributed by atoms with E-state index in [1.165, 1.54) is 10.4 Å². The minimum absolute atomic E-state index is 0.713. The Bertz CT molecular complexity index is 459. The molecule has 0 bridgehead atoms. The SMILES string of the molecule is Cc1ccsc1-c1c[nH]cc1C#N. The molecule has 0 saturated carbocycles. The van der Waals surface area contributed by atoms with E-state index in [1.54, 1.807) is 17.5 Å². The normalized spacial score (nSPS) is 9.85. The number of nitrogens with zero attached hydrogens (tertiary/aromatic N) is 1. The summed E-state index contributed by atoms with van der Waals surface area (Å²) in [5.41, 5.74) is 2.95. The van der Waals surface area contributed by atoms with Gasteiger partial charge < -0.3 is 4.98 Å². The number of rotatable bonds is 1. The molecule has 0 amide bonds. The lowest BCUT2D eigenvalue weighted by molar-refractivity contribution is 1.40. The van der Waals surface area contributed by atoms with Gasteiger partial charge in [-0.3, -0.25) is 0 Å². The summed E-state index contributed by atoms with van der Waals surface area (Å²) in [5, 5.41) is 10.9. The number of hydrogen-bond acceptors (Lipinski definition) is 2. The molecule has 13 heavy (non-hydrogen) atoms. The molecule has 2 aromatic heterocycles. The molecule has 2 nitrogen and oxygen atoms in total. The molecule has 2 rings (SSSR count). The molecule has 0 saturated heterocycles. The largest absolute Gasteiger partial charge is 0.366 e. The Kier molecular flexibility index (Phi) is 1.91. The summed E-state index contributed by atoms with van der Waals surface area (Å²) in [5.74, 6) is 0. The summed E-state index contributed by atoms with van der Waals surface area (Å²) in [4.78, 5) is 4.13. The third-order valence-electron chi connectivity index (χ3n) is 1.97. The fourth-order valence-electron chi connectivity index (χ4n) is 1.29. The van der Waals surface area contributed by atoms with Crippen LogP contribution in [0.15, 0.2) is 23.8 Å². The van der Waals surface area contributed by atoms with Crippen LogP contribution >= 0.6 is 11.3 Å². The number of nitrogens with one attached hydrogen (secondary N) is 1. The van der Waals surface area contributed by atoms with Gasteiger partial charge in [-0.15, -0.1) is 11.3 Å². The monoisotopic (exact) mass is 188 g/mol. The van der Waals surface area contributed by atoms with Crippen molar-refractivity contribution in [3.8, 4) is 16.5 Å². The molecule has 0 radical (unpaired) electrons. The summed E-state index contributed by atoms with van der Waals surface area (Å²) < 4.78 is 0. The van der Waals surface area contributed by atoms with E-state index in [2.05, 4.69) is 24.0 Å². The lowest BCUT2D eigenvalue weighted by Gasteiger charge is -1.94. The molecule has 0 aliphatic rings. The molecule has 0 unspecified atom stereocenters. The number of aryl methyl sites for hydroxylation is 1. The van der Waals surface area contributed by atoms with E-state index in [1.807, 2.05) is 11.6 Å². The molecule has 0 aliphatic carbocycles. The lowest BCUT2D eigenvalue weighted by Crippen LogP contribution is -1.75. The molecular formula is C10H8N2S. The van der Waals surface area contributed by atoms with Crippen molar-refractivity contribution < 1.29 is 0 Å². The topological polar surface area (TPSA) is 39.6 Å². The number of thiophene rings is 1. The highest BCUT2D eigenvalue weighted by Crippen LogP contribution is 2.30. The first-order chi connectivity index (χ1) is 6.33. The van der Waals surface area contributed by atoms with Crippen molar-refractivity contribution in [2.75, 3.05) is 0 Å². The third kappa shape index (κ3) is 1.25. The molecule has 64 valence electrons. The number of nitriles is 1. The molecule has 2 aromatic rings. The summed E-state index contributed by atoms with van der Waals surface area (Å²) in [6.45, 7) is 2.06. The van der Waals surface area contributed by atoms with E-state index in [0.717, 1.165) is 5.56 Å². The average Bonchev–Trinajstić information content (AvgIpc) is 2.71. The van der Waals surface area contributed by atoms with Gasteiger partial charge in [-0.25, -0.2) is 0 Å². The summed E-state index contributed by atoms with van der Waals surface area (Å²) in [7, 11) is 0. The van der Waals surface area contributed by atoms with E-state index in [9.17, 15) is 0 Å². The van der Waals surface area contributed by atoms with Crippen LogP contribution in [0.25, 0.3) is 10.4 Å². The van der Waals surface area contributed by atoms with Gasteiger partial charge in [-0.1, -0.05) is 0 Å². The maximum atomic E-state index is 8.83. The van der Waals surface area contributed by atoms with Crippen molar-refractivity contribution in [3.63, 3.8) is 0 Å². The number of aromatic nitrogens is 1. The van der Waals surface area contributed by atoms with Gasteiger partial charge in [0.15, 0.2) is 0 Å². The quantitative estimate of drug-likeness (QED) is 0.734. The van der Waals surface area contributed by atoms with Gasteiger partial charge in [0.05, 0.1) is 5.56 Å². The minimum atomic E-state index is 0.713. The second-order valence-corrected chi connectivity index (χ2v) is 3.74. The van der Waals surface area contributed by atoms with Crippen LogP contribution in [-0.4, -0.2) is 4.98 Å². The van der Waals surface area contributed by atoms with Crippen LogP contribution in [0, 0.1) is 18.3 Å². The zero-order valence-corrected chi connectivity index (χ0v) is 7.98. The first-order valence-corrected chi connectivity index (χ1v) is 4.82. The highest BCUT2D eigenvalue weighted by Gasteiger charge is 2.08. The zero-order valence-electron chi connectivity index (χ0n) is 7.16. The lowest BCUT2D eigenvalue weighted by atomic mass is 10.1. The minimum Gasteiger partial charge on any atom is -0.366 e. The average molecular weight is 188 g/mol. The third-order valence-corrected chi connectivity index (χ3v) is 3.02. The number of aromatic amines is 1. The van der Waals surface area contributed by atoms with Gasteiger partial charge >= 0.3 is 0 Å². The molecule has 2 heterocycles. The van der Waals surface area contributed by atoms with Crippen LogP contribution < -0.4 is 0 Å². The Morgan fingerprint density at radius 1 is 1.46 bits per heavy atom. The molecule has 0 fully saturated rings. The predicted molar refractivity (Wildman–Crippen MR) is 53.6 cm³/mol. The number of hydrogen-bond donors (Lipinski definition) is 1. The fourth-order valence-corrected chi connectivity index (χ4v) is 2.25. The van der Waals surface area contributed by atoms with Gasteiger partial charge in [0, 0.05) is 22.8 Å². The van der Waals surface area contributed by atoms with E-state index in [4.69, 9.17) is 5.26 Å². The summed E-state index contributed by atoms with van der Waals surface area (Å²) in [6.07, 6.45) is 3.60. The van der Waals surface area contributed by atoms with Gasteiger partial charge in [-0.2, -0.15) is 5.26 Å². The Balaban J connectivity index is 2.60. The second-order valence-electron chi connectivity index (χ2n) is 2.83. The maximum Gasteiger partial charge on any atom is 0.101 e. The predicted octanol–water partition coefficient (Wildman–Crippen LogP) is 2.92. The highest BCUT2D eigenvalue weighted by molar-refractivity contribution is 7.13. The van der Waals surface area contributed by atoms with Crippen molar-refractivity contribution in [2.45, 2.75) is 6.92 Å². The Hall–Kier alpha value is -1.53. The molecule has 1 N–H and O–H groups in total. The molecular weight excluding hydrogens is 180 g/mol. The Morgan fingerprint density at radius 3 is 2.92 bits per heavy atom. The van der Waals surface area contributed by atoms with Crippen LogP contribution in [-0.2, 0) is 0 Å². The fraction of sp³-hybridized carbons (Fsp3) is 0.100. The van der Waals surface area contributed by atoms with Gasteiger partial charge in [0.1, 0.15) is 6.07 Å². The van der Waals surface area contributed by atoms with Crippen molar-refractivity contribution >= 4 is 11.3 Å². The van der Waals surface area contributed by atoms with E-state index >= 15 is 0 Å². The molecule has 0 aliphatic heterocycles. The van der Waals surface area contributed by atoms with Crippen LogP contribution in [0.5, 0.6) is 0 Å². The molecule has 0 aromatic carbocycles. The highest BCUT2D eigenvalue weighted by atomic mass is 32.1. The van der Waals surface area contributed by atoms with E-state index < -0.39 is 0 Å². The van der Waals surface area contributed by atoms with Gasteiger partial charge in [0.2, 0.25) is 0 Å².